The summed E-state index contributed by atoms with van der Waals surface area (Å²) >= 11 is 0. The molecular formula is C29H31FN4O4. The van der Waals surface area contributed by atoms with Gasteiger partial charge in [-0.2, -0.15) is 0 Å². The number of urea groups is 1. The van der Waals surface area contributed by atoms with Crippen LogP contribution in [0.5, 0.6) is 11.5 Å². The number of aromatic hydroxyl groups is 1. The zero-order chi connectivity index (χ0) is 26.6. The van der Waals surface area contributed by atoms with Crippen LogP contribution in [-0.4, -0.2) is 75.6 Å². The number of aromatic nitrogens is 1. The number of nitrogens with zero attached hydrogens (tertiary/aromatic N) is 3. The summed E-state index contributed by atoms with van der Waals surface area (Å²) < 4.78 is 20.8. The number of benzene rings is 2. The minimum Gasteiger partial charge on any atom is -0.508 e. The lowest BCUT2D eigenvalue weighted by Crippen LogP contribution is -2.53. The van der Waals surface area contributed by atoms with Crippen molar-refractivity contribution in [2.75, 3.05) is 33.3 Å². The van der Waals surface area contributed by atoms with Gasteiger partial charge in [-0.05, 0) is 55.2 Å². The van der Waals surface area contributed by atoms with E-state index < -0.39 is 17.4 Å². The Hall–Kier alpha value is -3.85. The van der Waals surface area contributed by atoms with E-state index in [0.29, 0.717) is 40.7 Å². The van der Waals surface area contributed by atoms with E-state index >= 15 is 4.39 Å². The Balaban J connectivity index is 1.42. The fourth-order valence-corrected chi connectivity index (χ4v) is 6.29. The van der Waals surface area contributed by atoms with Gasteiger partial charge in [-0.1, -0.05) is 24.3 Å². The van der Waals surface area contributed by atoms with Crippen molar-refractivity contribution in [3.8, 4) is 11.5 Å². The quantitative estimate of drug-likeness (QED) is 0.374. The number of nitrogens with one attached hydrogen (secondary N) is 1. The zero-order valence-electron chi connectivity index (χ0n) is 21.5. The summed E-state index contributed by atoms with van der Waals surface area (Å²) in [5.41, 5.74) is 1.28. The van der Waals surface area contributed by atoms with Gasteiger partial charge in [0.1, 0.15) is 17.3 Å². The number of phenolic OH excluding ortho intramolecular Hbond substituents is 1. The predicted molar refractivity (Wildman–Crippen MR) is 141 cm³/mol. The molecule has 8 nitrogen and oxygen atoms in total. The molecule has 9 heteroatoms. The van der Waals surface area contributed by atoms with Crippen LogP contribution in [0.3, 0.4) is 0 Å². The molecule has 2 N–H and O–H groups in total. The number of imide groups is 1. The van der Waals surface area contributed by atoms with Crippen molar-refractivity contribution in [1.82, 2.24) is 19.7 Å². The van der Waals surface area contributed by atoms with E-state index in [1.54, 1.807) is 42.2 Å². The minimum absolute atomic E-state index is 0.0469. The molecule has 1 saturated heterocycles. The second-order valence-electron chi connectivity index (χ2n) is 10.5. The van der Waals surface area contributed by atoms with Crippen LogP contribution in [0.15, 0.2) is 48.6 Å². The van der Waals surface area contributed by atoms with Crippen LogP contribution < -0.4 is 4.74 Å². The maximum absolute atomic E-state index is 15.6. The number of halogens is 1. The van der Waals surface area contributed by atoms with Gasteiger partial charge >= 0.3 is 6.03 Å². The average molecular weight is 519 g/mol. The smallest absolute Gasteiger partial charge is 0.328 e. The molecule has 198 valence electrons. The number of carbonyl (C=O) groups is 2. The summed E-state index contributed by atoms with van der Waals surface area (Å²) in [6.07, 6.45) is 6.15. The van der Waals surface area contributed by atoms with Gasteiger partial charge in [-0.25, -0.2) is 9.18 Å². The highest BCUT2D eigenvalue weighted by atomic mass is 19.1. The van der Waals surface area contributed by atoms with Crippen molar-refractivity contribution >= 4 is 22.8 Å². The number of hydrogen-bond donors (Lipinski definition) is 2. The molecule has 0 saturated carbocycles. The number of hydrogen-bond acceptors (Lipinski definition) is 5. The Bertz CT molecular complexity index is 1470. The Kier molecular flexibility index (Phi) is 5.90. The number of amides is 3. The van der Waals surface area contributed by atoms with Gasteiger partial charge in [0.25, 0.3) is 5.91 Å². The molecule has 2 atom stereocenters. The molecular weight excluding hydrogens is 487 g/mol. The summed E-state index contributed by atoms with van der Waals surface area (Å²) in [6, 6.07) is 8.89. The molecule has 4 heterocycles. The summed E-state index contributed by atoms with van der Waals surface area (Å²) in [5, 5.41) is 10.6. The molecule has 3 aromatic rings. The molecule has 0 aliphatic carbocycles. The Labute approximate surface area is 220 Å². The lowest BCUT2D eigenvalue weighted by molar-refractivity contribution is -0.133. The molecule has 0 unspecified atom stereocenters. The maximum Gasteiger partial charge on any atom is 0.328 e. The van der Waals surface area contributed by atoms with Crippen LogP contribution in [0.1, 0.15) is 42.6 Å². The molecule has 0 bridgehead atoms. The topological polar surface area (TPSA) is 89.1 Å². The number of aromatic amines is 1. The number of H-pyrrole nitrogens is 1. The minimum atomic E-state index is -1.21. The highest BCUT2D eigenvalue weighted by Crippen LogP contribution is 2.49. The summed E-state index contributed by atoms with van der Waals surface area (Å²) in [5.74, 6) is -0.623. The molecule has 2 aromatic carbocycles. The van der Waals surface area contributed by atoms with Gasteiger partial charge in [0, 0.05) is 49.2 Å². The third-order valence-electron chi connectivity index (χ3n) is 8.13. The molecule has 0 radical (unpaired) electrons. The summed E-state index contributed by atoms with van der Waals surface area (Å²) in [7, 11) is 1.42. The lowest BCUT2D eigenvalue weighted by atomic mass is 9.81. The summed E-state index contributed by atoms with van der Waals surface area (Å²) in [6.45, 7) is 4.72. The average Bonchev–Trinajstić information content (AvgIpc) is 3.36. The first-order valence-electron chi connectivity index (χ1n) is 13.0. The number of methoxy groups -OCH3 is 1. The first-order chi connectivity index (χ1) is 18.3. The van der Waals surface area contributed by atoms with Gasteiger partial charge in [0.2, 0.25) is 0 Å². The lowest BCUT2D eigenvalue weighted by Gasteiger charge is -2.42. The van der Waals surface area contributed by atoms with E-state index in [-0.39, 0.29) is 29.9 Å². The van der Waals surface area contributed by atoms with Crippen molar-refractivity contribution < 1.29 is 23.8 Å². The predicted octanol–water partition coefficient (Wildman–Crippen LogP) is 4.34. The van der Waals surface area contributed by atoms with Crippen LogP contribution in [0, 0.1) is 5.82 Å². The second kappa shape index (κ2) is 9.16. The molecule has 3 amide bonds. The molecule has 38 heavy (non-hydrogen) atoms. The van der Waals surface area contributed by atoms with E-state index in [0.717, 1.165) is 26.1 Å². The Morgan fingerprint density at radius 1 is 1.18 bits per heavy atom. The zero-order valence-corrected chi connectivity index (χ0v) is 21.5. The highest BCUT2D eigenvalue weighted by Gasteiger charge is 2.60. The Morgan fingerprint density at radius 2 is 2.03 bits per heavy atom. The molecule has 3 aliphatic rings. The van der Waals surface area contributed by atoms with Gasteiger partial charge in [-0.3, -0.25) is 19.5 Å². The monoisotopic (exact) mass is 518 g/mol. The number of phenols is 1. The van der Waals surface area contributed by atoms with Crippen molar-refractivity contribution in [1.29, 1.82) is 0 Å². The van der Waals surface area contributed by atoms with E-state index in [9.17, 15) is 14.7 Å². The van der Waals surface area contributed by atoms with Gasteiger partial charge in [0.05, 0.1) is 7.11 Å². The van der Waals surface area contributed by atoms with Crippen molar-refractivity contribution in [2.45, 2.75) is 37.8 Å². The standard InChI is InChI=1S/C29H31FN4O4/c1-29-17-20-23-21(10-11-22(38-2)24(23)30)31-25(20)26(18-8-6-9-19(35)16-18)34(29)28(37)33(27(29)36)15-7-14-32-12-4-3-5-13-32/h3-4,6,8-11,16,26,31,35H,5,7,12-15,17H2,1-2H3/t26-,29+/m1/s1. The van der Waals surface area contributed by atoms with Crippen LogP contribution >= 0.6 is 0 Å². The largest absolute Gasteiger partial charge is 0.508 e. The number of rotatable bonds is 6. The third-order valence-corrected chi connectivity index (χ3v) is 8.13. The van der Waals surface area contributed by atoms with Crippen LogP contribution in [0.2, 0.25) is 0 Å². The highest BCUT2D eigenvalue weighted by molar-refractivity contribution is 6.08. The molecule has 1 fully saturated rings. The first kappa shape index (κ1) is 24.5. The Morgan fingerprint density at radius 3 is 2.76 bits per heavy atom. The van der Waals surface area contributed by atoms with E-state index in [4.69, 9.17) is 4.74 Å². The van der Waals surface area contributed by atoms with Crippen molar-refractivity contribution in [2.24, 2.45) is 0 Å². The van der Waals surface area contributed by atoms with Crippen molar-refractivity contribution in [3.05, 3.63) is 71.2 Å². The molecule has 3 aliphatic heterocycles. The van der Waals surface area contributed by atoms with Crippen molar-refractivity contribution in [3.63, 3.8) is 0 Å². The van der Waals surface area contributed by atoms with Crippen LogP contribution in [-0.2, 0) is 11.2 Å². The normalized spacial score (nSPS) is 23.3. The number of ether oxygens (including phenoxy) is 1. The first-order valence-corrected chi connectivity index (χ1v) is 13.0. The van der Waals surface area contributed by atoms with Gasteiger partial charge in [0.15, 0.2) is 11.6 Å². The van der Waals surface area contributed by atoms with E-state index in [1.165, 1.54) is 12.0 Å². The fourth-order valence-electron chi connectivity index (χ4n) is 6.29. The van der Waals surface area contributed by atoms with Gasteiger partial charge < -0.3 is 14.8 Å². The van der Waals surface area contributed by atoms with Crippen LogP contribution in [0.4, 0.5) is 9.18 Å². The number of fused-ring (bicyclic) bond motifs is 4. The van der Waals surface area contributed by atoms with E-state index in [1.807, 2.05) is 6.07 Å². The van der Waals surface area contributed by atoms with Gasteiger partial charge in [-0.15, -0.1) is 0 Å². The van der Waals surface area contributed by atoms with E-state index in [2.05, 4.69) is 22.0 Å². The molecule has 1 aromatic heterocycles. The SMILES string of the molecule is COc1ccc2[nH]c3c(c2c1F)C[C@@]1(C)C(=O)N(CCCN2CC=CCC2)C(=O)N1[C@@H]3c1cccc(O)c1. The number of carbonyl (C=O) groups excluding carboxylic acids is 2. The van der Waals surface area contributed by atoms with Crippen LogP contribution in [0.25, 0.3) is 10.9 Å². The third kappa shape index (κ3) is 3.67. The maximum atomic E-state index is 15.6. The molecule has 0 spiro atoms. The summed E-state index contributed by atoms with van der Waals surface area (Å²) in [4.78, 5) is 36.5. The fraction of sp³-hybridized carbons (Fsp3) is 0.379. The molecule has 6 rings (SSSR count). The second-order valence-corrected chi connectivity index (χ2v) is 10.5.